The lowest BCUT2D eigenvalue weighted by Gasteiger charge is -2.39. The van der Waals surface area contributed by atoms with E-state index in [1.54, 1.807) is 0 Å². The zero-order valence-corrected chi connectivity index (χ0v) is 10.4. The molecule has 0 spiro atoms. The van der Waals surface area contributed by atoms with Gasteiger partial charge in [-0.15, -0.1) is 0 Å². The van der Waals surface area contributed by atoms with Gasteiger partial charge in [0.25, 0.3) is 0 Å². The monoisotopic (exact) mass is 252 g/mol. The zero-order valence-electron chi connectivity index (χ0n) is 10.4. The molecule has 100 valence electrons. The van der Waals surface area contributed by atoms with Crippen molar-refractivity contribution in [3.05, 3.63) is 0 Å². The Bertz CT molecular complexity index is 378. The predicted molar refractivity (Wildman–Crippen MR) is 65.0 cm³/mol. The predicted octanol–water partition coefficient (Wildman–Crippen LogP) is 0.498. The van der Waals surface area contributed by atoms with Crippen molar-refractivity contribution >= 4 is 11.9 Å². The van der Waals surface area contributed by atoms with E-state index < -0.39 is 11.5 Å². The second-order valence-electron chi connectivity index (χ2n) is 5.97. The van der Waals surface area contributed by atoms with Crippen LogP contribution in [0.15, 0.2) is 0 Å². The van der Waals surface area contributed by atoms with Crippen molar-refractivity contribution in [1.82, 2.24) is 10.6 Å². The van der Waals surface area contributed by atoms with Crippen LogP contribution in [0.5, 0.6) is 0 Å². The van der Waals surface area contributed by atoms with Crippen LogP contribution in [0.3, 0.4) is 0 Å². The van der Waals surface area contributed by atoms with E-state index in [1.165, 1.54) is 12.8 Å². The molecule has 3 aliphatic rings. The lowest BCUT2D eigenvalue weighted by molar-refractivity contribution is -0.152. The molecule has 5 nitrogen and oxygen atoms in total. The molecular weight excluding hydrogens is 232 g/mol. The maximum Gasteiger partial charge on any atom is 0.329 e. The molecule has 0 aromatic rings. The Labute approximate surface area is 106 Å². The Morgan fingerprint density at radius 3 is 2.61 bits per heavy atom. The molecule has 1 saturated heterocycles. The van der Waals surface area contributed by atoms with Crippen LogP contribution in [0, 0.1) is 11.8 Å². The molecule has 1 heterocycles. The number of amides is 1. The molecule has 3 atom stereocenters. The number of carboxylic acids is 1. The maximum absolute atomic E-state index is 12.3. The second kappa shape index (κ2) is 4.23. The van der Waals surface area contributed by atoms with Gasteiger partial charge >= 0.3 is 5.97 Å². The highest BCUT2D eigenvalue weighted by Crippen LogP contribution is 2.38. The van der Waals surface area contributed by atoms with Crippen LogP contribution in [0.4, 0.5) is 0 Å². The number of nitrogens with one attached hydrogen (secondary N) is 2. The summed E-state index contributed by atoms with van der Waals surface area (Å²) in [6.07, 6.45) is 5.51. The number of rotatable bonds is 3. The summed E-state index contributed by atoms with van der Waals surface area (Å²) in [5.74, 6) is 0.0356. The molecule has 0 bridgehead atoms. The van der Waals surface area contributed by atoms with Crippen LogP contribution in [0.2, 0.25) is 0 Å². The van der Waals surface area contributed by atoms with Gasteiger partial charge in [0.05, 0.1) is 6.04 Å². The van der Waals surface area contributed by atoms with Crippen LogP contribution >= 0.6 is 0 Å². The van der Waals surface area contributed by atoms with Gasteiger partial charge in [-0.05, 0) is 50.5 Å². The first kappa shape index (κ1) is 12.0. The van der Waals surface area contributed by atoms with Gasteiger partial charge < -0.3 is 15.7 Å². The first-order valence-electron chi connectivity index (χ1n) is 6.91. The highest BCUT2D eigenvalue weighted by Gasteiger charge is 2.49. The smallest absolute Gasteiger partial charge is 0.329 e. The van der Waals surface area contributed by atoms with E-state index in [9.17, 15) is 14.7 Å². The Hall–Kier alpha value is -1.10. The standard InChI is InChI=1S/C13H20N2O3/c16-11(15-13(12(17)18)5-2-6-13)10-9-4-1-3-8(9)7-14-10/h8-10,14H,1-7H2,(H,15,16)(H,17,18). The second-order valence-corrected chi connectivity index (χ2v) is 5.97. The summed E-state index contributed by atoms with van der Waals surface area (Å²) in [5.41, 5.74) is -0.977. The quantitative estimate of drug-likeness (QED) is 0.683. The van der Waals surface area contributed by atoms with Crippen molar-refractivity contribution in [2.75, 3.05) is 6.54 Å². The van der Waals surface area contributed by atoms with E-state index in [2.05, 4.69) is 10.6 Å². The van der Waals surface area contributed by atoms with Gasteiger partial charge in [-0.3, -0.25) is 4.79 Å². The molecule has 1 amide bonds. The fourth-order valence-electron chi connectivity index (χ4n) is 3.71. The first-order valence-corrected chi connectivity index (χ1v) is 6.91. The summed E-state index contributed by atoms with van der Waals surface area (Å²) >= 11 is 0. The van der Waals surface area contributed by atoms with E-state index in [0.717, 1.165) is 19.4 Å². The van der Waals surface area contributed by atoms with Crippen molar-refractivity contribution in [2.24, 2.45) is 11.8 Å². The van der Waals surface area contributed by atoms with E-state index in [-0.39, 0.29) is 11.9 Å². The summed E-state index contributed by atoms with van der Waals surface area (Å²) in [7, 11) is 0. The molecule has 5 heteroatoms. The third-order valence-corrected chi connectivity index (χ3v) is 5.01. The Morgan fingerprint density at radius 1 is 1.22 bits per heavy atom. The summed E-state index contributed by atoms with van der Waals surface area (Å²) in [6, 6.07) is -0.172. The molecule has 0 aromatic carbocycles. The van der Waals surface area contributed by atoms with E-state index in [4.69, 9.17) is 0 Å². The van der Waals surface area contributed by atoms with E-state index >= 15 is 0 Å². The molecule has 3 fully saturated rings. The van der Waals surface area contributed by atoms with Crippen molar-refractivity contribution in [1.29, 1.82) is 0 Å². The third-order valence-electron chi connectivity index (χ3n) is 5.01. The van der Waals surface area contributed by atoms with Gasteiger partial charge in [0.1, 0.15) is 5.54 Å². The molecular formula is C13H20N2O3. The lowest BCUT2D eigenvalue weighted by Crippen LogP contribution is -2.62. The fraction of sp³-hybridized carbons (Fsp3) is 0.846. The molecule has 0 radical (unpaired) electrons. The normalized spacial score (nSPS) is 36.8. The van der Waals surface area contributed by atoms with Gasteiger partial charge in [0, 0.05) is 0 Å². The average molecular weight is 252 g/mol. The summed E-state index contributed by atoms with van der Waals surface area (Å²) in [5, 5.41) is 15.3. The zero-order chi connectivity index (χ0) is 12.8. The summed E-state index contributed by atoms with van der Waals surface area (Å²) in [6.45, 7) is 0.906. The van der Waals surface area contributed by atoms with Crippen LogP contribution < -0.4 is 10.6 Å². The van der Waals surface area contributed by atoms with Crippen LogP contribution in [-0.2, 0) is 9.59 Å². The minimum absolute atomic E-state index is 0.105. The van der Waals surface area contributed by atoms with E-state index in [1.807, 2.05) is 0 Å². The molecule has 1 aliphatic heterocycles. The topological polar surface area (TPSA) is 78.4 Å². The van der Waals surface area contributed by atoms with E-state index in [0.29, 0.717) is 24.7 Å². The van der Waals surface area contributed by atoms with Crippen molar-refractivity contribution in [3.63, 3.8) is 0 Å². The number of carbonyl (C=O) groups excluding carboxylic acids is 1. The van der Waals surface area contributed by atoms with Crippen LogP contribution in [0.1, 0.15) is 38.5 Å². The molecule has 2 aliphatic carbocycles. The van der Waals surface area contributed by atoms with Crippen molar-refractivity contribution in [2.45, 2.75) is 50.1 Å². The molecule has 3 rings (SSSR count). The van der Waals surface area contributed by atoms with Gasteiger partial charge in [0.2, 0.25) is 5.91 Å². The van der Waals surface area contributed by atoms with Gasteiger partial charge in [-0.2, -0.15) is 0 Å². The number of fused-ring (bicyclic) bond motifs is 1. The largest absolute Gasteiger partial charge is 0.480 e. The third kappa shape index (κ3) is 1.72. The highest BCUT2D eigenvalue weighted by atomic mass is 16.4. The molecule has 18 heavy (non-hydrogen) atoms. The Morgan fingerprint density at radius 2 is 2.00 bits per heavy atom. The van der Waals surface area contributed by atoms with Gasteiger partial charge in [-0.1, -0.05) is 6.42 Å². The average Bonchev–Trinajstić information content (AvgIpc) is 2.83. The number of hydrogen-bond acceptors (Lipinski definition) is 3. The first-order chi connectivity index (χ1) is 8.62. The summed E-state index contributed by atoms with van der Waals surface area (Å²) in [4.78, 5) is 23.5. The van der Waals surface area contributed by atoms with Crippen molar-refractivity contribution in [3.8, 4) is 0 Å². The number of aliphatic carboxylic acids is 1. The fourth-order valence-corrected chi connectivity index (χ4v) is 3.71. The molecule has 0 aromatic heterocycles. The van der Waals surface area contributed by atoms with Crippen LogP contribution in [-0.4, -0.2) is 35.1 Å². The van der Waals surface area contributed by atoms with Gasteiger partial charge in [0.15, 0.2) is 0 Å². The number of carbonyl (C=O) groups is 2. The maximum atomic E-state index is 12.3. The Balaban J connectivity index is 1.66. The minimum atomic E-state index is -0.977. The van der Waals surface area contributed by atoms with Crippen LogP contribution in [0.25, 0.3) is 0 Å². The molecule has 3 N–H and O–H groups in total. The highest BCUT2D eigenvalue weighted by molar-refractivity contribution is 5.90. The number of carboxylic acid groups (broad SMARTS) is 1. The van der Waals surface area contributed by atoms with Crippen molar-refractivity contribution < 1.29 is 14.7 Å². The Kier molecular flexibility index (Phi) is 2.81. The number of hydrogen-bond donors (Lipinski definition) is 3. The molecule has 3 unspecified atom stereocenters. The molecule has 2 saturated carbocycles. The van der Waals surface area contributed by atoms with Gasteiger partial charge in [-0.25, -0.2) is 4.79 Å². The SMILES string of the molecule is O=C(NC1(C(=O)O)CCC1)C1NCC2CCCC21. The minimum Gasteiger partial charge on any atom is -0.480 e. The lowest BCUT2D eigenvalue weighted by atomic mass is 9.76. The summed E-state index contributed by atoms with van der Waals surface area (Å²) < 4.78 is 0.